The Hall–Kier alpha value is -3.55. The van der Waals surface area contributed by atoms with Gasteiger partial charge in [-0.2, -0.15) is 0 Å². The minimum atomic E-state index is -0.700. The lowest BCUT2D eigenvalue weighted by molar-refractivity contribution is -0.142. The van der Waals surface area contributed by atoms with Crippen molar-refractivity contribution >= 4 is 29.4 Å². The Morgan fingerprint density at radius 2 is 2.00 bits per heavy atom. The number of ether oxygens (including phenoxy) is 3. The van der Waals surface area contributed by atoms with Crippen LogP contribution in [0.1, 0.15) is 23.0 Å². The van der Waals surface area contributed by atoms with Gasteiger partial charge in [0.25, 0.3) is 5.91 Å². The van der Waals surface area contributed by atoms with Gasteiger partial charge in [0, 0.05) is 17.7 Å². The molecule has 0 saturated heterocycles. The van der Waals surface area contributed by atoms with Crippen LogP contribution in [0.15, 0.2) is 41.0 Å². The third-order valence-electron chi connectivity index (χ3n) is 3.44. The minimum Gasteiger partial charge on any atom is -0.465 e. The summed E-state index contributed by atoms with van der Waals surface area (Å²) < 4.78 is 20.3. The number of hydrogen-bond acceptors (Lipinski definition) is 7. The number of hydrogen-bond donors (Lipinski definition) is 1. The highest BCUT2D eigenvalue weighted by Crippen LogP contribution is 2.37. The van der Waals surface area contributed by atoms with Crippen LogP contribution >= 0.6 is 0 Å². The average Bonchev–Trinajstić information content (AvgIpc) is 3.28. The molecule has 0 atom stereocenters. The maximum atomic E-state index is 12.0. The Morgan fingerprint density at radius 3 is 2.69 bits per heavy atom. The van der Waals surface area contributed by atoms with Gasteiger partial charge in [0.2, 0.25) is 6.79 Å². The first-order valence-corrected chi connectivity index (χ1v) is 7.65. The van der Waals surface area contributed by atoms with Crippen LogP contribution < -0.4 is 14.8 Å². The zero-order valence-electron chi connectivity index (χ0n) is 13.8. The number of esters is 1. The molecule has 1 N–H and O–H groups in total. The second-order valence-corrected chi connectivity index (χ2v) is 5.31. The van der Waals surface area contributed by atoms with Crippen molar-refractivity contribution in [1.82, 2.24) is 0 Å². The molecular weight excluding hydrogens is 342 g/mol. The first-order valence-electron chi connectivity index (χ1n) is 7.65. The van der Waals surface area contributed by atoms with E-state index in [2.05, 4.69) is 5.32 Å². The van der Waals surface area contributed by atoms with E-state index in [9.17, 15) is 14.4 Å². The van der Waals surface area contributed by atoms with Crippen LogP contribution in [0.4, 0.5) is 5.69 Å². The summed E-state index contributed by atoms with van der Waals surface area (Å²) in [6.07, 6.45) is 4.04. The van der Waals surface area contributed by atoms with Crippen molar-refractivity contribution < 1.29 is 33.0 Å². The molecule has 26 heavy (non-hydrogen) atoms. The largest absolute Gasteiger partial charge is 0.465 e. The Bertz CT molecular complexity index is 868. The number of carbonyl (C=O) groups is 3. The van der Waals surface area contributed by atoms with Gasteiger partial charge in [0.15, 0.2) is 23.9 Å². The van der Waals surface area contributed by atoms with Gasteiger partial charge >= 0.3 is 5.97 Å². The number of benzene rings is 1. The standard InChI is InChI=1S/C18H15NO7/c1-11(20)13-7-15-16(26-10-25-15)8-14(13)19-17(21)9-24-18(22)5-4-12-3-2-6-23-12/h2-8H,9-10H2,1H3,(H,19,21)/b5-4+. The van der Waals surface area contributed by atoms with Gasteiger partial charge in [-0.15, -0.1) is 0 Å². The second kappa shape index (κ2) is 7.56. The predicted molar refractivity (Wildman–Crippen MR) is 89.9 cm³/mol. The highest BCUT2D eigenvalue weighted by atomic mass is 16.7. The van der Waals surface area contributed by atoms with E-state index in [4.69, 9.17) is 18.6 Å². The van der Waals surface area contributed by atoms with E-state index in [-0.39, 0.29) is 23.8 Å². The quantitative estimate of drug-likeness (QED) is 0.481. The van der Waals surface area contributed by atoms with Crippen LogP contribution in [0.25, 0.3) is 6.08 Å². The lowest BCUT2D eigenvalue weighted by Gasteiger charge is -2.10. The molecular formula is C18H15NO7. The number of furan rings is 1. The van der Waals surface area contributed by atoms with E-state index in [1.165, 1.54) is 31.4 Å². The van der Waals surface area contributed by atoms with E-state index < -0.39 is 18.5 Å². The number of anilines is 1. The molecule has 0 aliphatic carbocycles. The molecule has 0 fully saturated rings. The summed E-state index contributed by atoms with van der Waals surface area (Å²) in [4.78, 5) is 35.4. The number of fused-ring (bicyclic) bond motifs is 1. The number of amides is 1. The molecule has 1 aliphatic rings. The molecule has 3 rings (SSSR count). The third-order valence-corrected chi connectivity index (χ3v) is 3.44. The molecule has 1 aromatic carbocycles. The van der Waals surface area contributed by atoms with E-state index >= 15 is 0 Å². The zero-order chi connectivity index (χ0) is 18.5. The van der Waals surface area contributed by atoms with Gasteiger partial charge in [-0.3, -0.25) is 9.59 Å². The number of ketones is 1. The second-order valence-electron chi connectivity index (χ2n) is 5.31. The fourth-order valence-corrected chi connectivity index (χ4v) is 2.24. The molecule has 0 saturated carbocycles. The van der Waals surface area contributed by atoms with Crippen molar-refractivity contribution in [2.24, 2.45) is 0 Å². The lowest BCUT2D eigenvalue weighted by Crippen LogP contribution is -2.21. The van der Waals surface area contributed by atoms with Crippen molar-refractivity contribution in [1.29, 1.82) is 0 Å². The smallest absolute Gasteiger partial charge is 0.331 e. The monoisotopic (exact) mass is 357 g/mol. The summed E-state index contributed by atoms with van der Waals surface area (Å²) in [5, 5.41) is 2.53. The van der Waals surface area contributed by atoms with Crippen molar-refractivity contribution in [3.63, 3.8) is 0 Å². The SMILES string of the molecule is CC(=O)c1cc2c(cc1NC(=O)COC(=O)/C=C/c1ccco1)OCO2. The molecule has 0 bridgehead atoms. The van der Waals surface area contributed by atoms with Gasteiger partial charge in [-0.05, 0) is 31.2 Å². The Labute approximate surface area is 148 Å². The number of carbonyl (C=O) groups excluding carboxylic acids is 3. The third kappa shape index (κ3) is 4.10. The average molecular weight is 357 g/mol. The normalized spacial score (nSPS) is 12.2. The van der Waals surface area contributed by atoms with Crippen molar-refractivity contribution in [3.05, 3.63) is 47.9 Å². The van der Waals surface area contributed by atoms with Crippen LogP contribution in [0.2, 0.25) is 0 Å². The Morgan fingerprint density at radius 1 is 1.23 bits per heavy atom. The number of Topliss-reactive ketones (excluding diaryl/α,β-unsaturated/α-hetero) is 1. The maximum absolute atomic E-state index is 12.0. The van der Waals surface area contributed by atoms with Gasteiger partial charge in [-0.25, -0.2) is 4.79 Å². The molecule has 8 heteroatoms. The predicted octanol–water partition coefficient (Wildman–Crippen LogP) is 2.41. The summed E-state index contributed by atoms with van der Waals surface area (Å²) >= 11 is 0. The number of rotatable bonds is 6. The molecule has 1 aliphatic heterocycles. The van der Waals surface area contributed by atoms with Gasteiger partial charge < -0.3 is 23.9 Å². The fraction of sp³-hybridized carbons (Fsp3) is 0.167. The van der Waals surface area contributed by atoms with E-state index in [0.29, 0.717) is 17.3 Å². The van der Waals surface area contributed by atoms with Crippen molar-refractivity contribution in [2.75, 3.05) is 18.7 Å². The fourth-order valence-electron chi connectivity index (χ4n) is 2.24. The van der Waals surface area contributed by atoms with Crippen molar-refractivity contribution in [3.8, 4) is 11.5 Å². The molecule has 8 nitrogen and oxygen atoms in total. The molecule has 1 aromatic heterocycles. The molecule has 0 unspecified atom stereocenters. The Kier molecular flexibility index (Phi) is 5.02. The molecule has 1 amide bonds. The molecule has 0 radical (unpaired) electrons. The van der Waals surface area contributed by atoms with E-state index in [0.717, 1.165) is 6.08 Å². The van der Waals surface area contributed by atoms with Gasteiger partial charge in [-0.1, -0.05) is 0 Å². The molecule has 134 valence electrons. The molecule has 2 aromatic rings. The topological polar surface area (TPSA) is 104 Å². The summed E-state index contributed by atoms with van der Waals surface area (Å²) in [7, 11) is 0. The zero-order valence-corrected chi connectivity index (χ0v) is 13.8. The minimum absolute atomic E-state index is 0.0453. The molecule has 2 heterocycles. The maximum Gasteiger partial charge on any atom is 0.331 e. The first kappa shape index (κ1) is 17.3. The molecule has 0 spiro atoms. The number of nitrogens with one attached hydrogen (secondary N) is 1. The summed E-state index contributed by atoms with van der Waals surface area (Å²) in [6.45, 7) is 0.906. The van der Waals surface area contributed by atoms with Crippen LogP contribution in [-0.4, -0.2) is 31.1 Å². The van der Waals surface area contributed by atoms with Crippen molar-refractivity contribution in [2.45, 2.75) is 6.92 Å². The van der Waals surface area contributed by atoms with E-state index in [1.54, 1.807) is 12.1 Å². The van der Waals surface area contributed by atoms with Crippen LogP contribution in [-0.2, 0) is 14.3 Å². The Balaban J connectivity index is 1.59. The summed E-state index contributed by atoms with van der Waals surface area (Å²) in [6, 6.07) is 6.34. The summed E-state index contributed by atoms with van der Waals surface area (Å²) in [5.41, 5.74) is 0.528. The van der Waals surface area contributed by atoms with Crippen LogP contribution in [0.5, 0.6) is 11.5 Å². The van der Waals surface area contributed by atoms with E-state index in [1.807, 2.05) is 0 Å². The summed E-state index contributed by atoms with van der Waals surface area (Å²) in [5.74, 6) is -0.207. The van der Waals surface area contributed by atoms with Crippen LogP contribution in [0, 0.1) is 0 Å². The highest BCUT2D eigenvalue weighted by Gasteiger charge is 2.20. The first-order chi connectivity index (χ1) is 12.5. The highest BCUT2D eigenvalue weighted by molar-refractivity contribution is 6.05. The van der Waals surface area contributed by atoms with Gasteiger partial charge in [0.05, 0.1) is 12.0 Å². The van der Waals surface area contributed by atoms with Crippen LogP contribution in [0.3, 0.4) is 0 Å². The van der Waals surface area contributed by atoms with Gasteiger partial charge in [0.1, 0.15) is 5.76 Å². The lowest BCUT2D eigenvalue weighted by atomic mass is 10.1.